The van der Waals surface area contributed by atoms with Gasteiger partial charge in [-0.15, -0.1) is 0 Å². The first-order valence-corrected chi connectivity index (χ1v) is 4.60. The summed E-state index contributed by atoms with van der Waals surface area (Å²) in [6.07, 6.45) is 0. The van der Waals surface area contributed by atoms with Crippen LogP contribution in [0, 0.1) is 17.9 Å². The minimum atomic E-state index is -0.297. The molecule has 0 N–H and O–H groups in total. The minimum Gasteiger partial charge on any atom is -0.312 e. The number of anilines is 1. The van der Waals surface area contributed by atoms with Crippen molar-refractivity contribution < 1.29 is 4.79 Å². The topological polar surface area (TPSA) is 48.5 Å². The number of allylic oxidation sites excluding steroid dienone is 1. The highest BCUT2D eigenvalue weighted by atomic mass is 16.2. The molecule has 4 heteroatoms. The van der Waals surface area contributed by atoms with Crippen LogP contribution in [0.2, 0.25) is 0 Å². The van der Waals surface area contributed by atoms with Gasteiger partial charge in [-0.2, -0.15) is 0 Å². The van der Waals surface area contributed by atoms with Gasteiger partial charge in [-0.05, 0) is 6.07 Å². The van der Waals surface area contributed by atoms with Crippen LogP contribution in [0.1, 0.15) is 5.56 Å². The van der Waals surface area contributed by atoms with E-state index in [0.717, 1.165) is 5.69 Å². The molecule has 1 amide bonds. The Morgan fingerprint density at radius 3 is 2.81 bits per heavy atom. The van der Waals surface area contributed by atoms with Crippen molar-refractivity contribution in [3.63, 3.8) is 0 Å². The molecule has 0 aliphatic carbocycles. The summed E-state index contributed by atoms with van der Waals surface area (Å²) in [5, 5.41) is 8.82. The highest BCUT2D eigenvalue weighted by Gasteiger charge is 2.31. The van der Waals surface area contributed by atoms with Crippen molar-refractivity contribution in [3.05, 3.63) is 46.9 Å². The summed E-state index contributed by atoms with van der Waals surface area (Å²) >= 11 is 0. The third-order valence-corrected chi connectivity index (χ3v) is 2.51. The van der Waals surface area contributed by atoms with E-state index >= 15 is 0 Å². The Morgan fingerprint density at radius 2 is 2.19 bits per heavy atom. The molecule has 0 saturated heterocycles. The van der Waals surface area contributed by atoms with Gasteiger partial charge >= 0.3 is 0 Å². The SMILES string of the molecule is [C-]#[N+]/C(C#N)=C1/C(=O)N(C)c2ccccc21. The lowest BCUT2D eigenvalue weighted by molar-refractivity contribution is -0.112. The average molecular weight is 209 g/mol. The first-order valence-electron chi connectivity index (χ1n) is 4.60. The molecule has 0 fully saturated rings. The van der Waals surface area contributed by atoms with Crippen molar-refractivity contribution in [1.82, 2.24) is 0 Å². The van der Waals surface area contributed by atoms with Crippen LogP contribution in [0.5, 0.6) is 0 Å². The lowest BCUT2D eigenvalue weighted by atomic mass is 10.1. The van der Waals surface area contributed by atoms with Gasteiger partial charge < -0.3 is 4.90 Å². The van der Waals surface area contributed by atoms with E-state index in [2.05, 4.69) is 4.85 Å². The van der Waals surface area contributed by atoms with E-state index in [-0.39, 0.29) is 17.2 Å². The predicted molar refractivity (Wildman–Crippen MR) is 59.0 cm³/mol. The quantitative estimate of drug-likeness (QED) is 0.371. The van der Waals surface area contributed by atoms with Gasteiger partial charge in [-0.1, -0.05) is 18.2 Å². The second kappa shape index (κ2) is 3.52. The third-order valence-electron chi connectivity index (χ3n) is 2.51. The fraction of sp³-hybridized carbons (Fsp3) is 0.0833. The second-order valence-electron chi connectivity index (χ2n) is 3.33. The largest absolute Gasteiger partial charge is 0.312 e. The van der Waals surface area contributed by atoms with E-state index in [1.54, 1.807) is 31.3 Å². The molecule has 1 aromatic carbocycles. The zero-order chi connectivity index (χ0) is 11.7. The molecule has 1 aliphatic heterocycles. The Labute approximate surface area is 92.8 Å². The van der Waals surface area contributed by atoms with Crippen LogP contribution >= 0.6 is 0 Å². The van der Waals surface area contributed by atoms with Crippen LogP contribution in [0.3, 0.4) is 0 Å². The lowest BCUT2D eigenvalue weighted by Crippen LogP contribution is -2.20. The molecule has 0 saturated carbocycles. The molecule has 0 atom stereocenters. The maximum Gasteiger partial charge on any atom is 0.275 e. The molecule has 16 heavy (non-hydrogen) atoms. The number of nitriles is 1. The number of carbonyl (C=O) groups excluding carboxylic acids is 1. The molecule has 0 unspecified atom stereocenters. The zero-order valence-corrected chi connectivity index (χ0v) is 8.56. The van der Waals surface area contributed by atoms with Gasteiger partial charge in [-0.3, -0.25) is 4.79 Å². The normalized spacial score (nSPS) is 16.4. The van der Waals surface area contributed by atoms with Crippen LogP contribution in [0.4, 0.5) is 5.69 Å². The van der Waals surface area contributed by atoms with Gasteiger partial charge in [0.1, 0.15) is 0 Å². The molecule has 4 nitrogen and oxygen atoms in total. The second-order valence-corrected chi connectivity index (χ2v) is 3.33. The van der Waals surface area contributed by atoms with Crippen molar-refractivity contribution in [3.8, 4) is 6.07 Å². The fourth-order valence-corrected chi connectivity index (χ4v) is 1.74. The van der Waals surface area contributed by atoms with Gasteiger partial charge in [-0.25, -0.2) is 10.1 Å². The zero-order valence-electron chi connectivity index (χ0n) is 8.56. The van der Waals surface area contributed by atoms with Crippen LogP contribution in [-0.2, 0) is 4.79 Å². The lowest BCUT2D eigenvalue weighted by Gasteiger charge is -2.08. The Bertz CT molecular complexity index is 571. The van der Waals surface area contributed by atoms with E-state index in [1.165, 1.54) is 4.90 Å². The smallest absolute Gasteiger partial charge is 0.275 e. The first kappa shape index (κ1) is 9.95. The fourth-order valence-electron chi connectivity index (χ4n) is 1.74. The Morgan fingerprint density at radius 1 is 1.50 bits per heavy atom. The van der Waals surface area contributed by atoms with Gasteiger partial charge in [0.2, 0.25) is 5.91 Å². The number of rotatable bonds is 0. The van der Waals surface area contributed by atoms with Crippen molar-refractivity contribution >= 4 is 17.2 Å². The first-order chi connectivity index (χ1) is 7.70. The van der Waals surface area contributed by atoms with E-state index in [1.807, 2.05) is 6.07 Å². The molecular formula is C12H7N3O. The monoisotopic (exact) mass is 209 g/mol. The van der Waals surface area contributed by atoms with Gasteiger partial charge in [0.25, 0.3) is 5.70 Å². The highest BCUT2D eigenvalue weighted by molar-refractivity contribution is 6.33. The van der Waals surface area contributed by atoms with Crippen molar-refractivity contribution in [2.24, 2.45) is 0 Å². The maximum absolute atomic E-state index is 11.9. The minimum absolute atomic E-state index is 0.151. The van der Waals surface area contributed by atoms with Crippen LogP contribution in [0.25, 0.3) is 10.4 Å². The number of hydrogen-bond acceptors (Lipinski definition) is 2. The molecule has 1 aromatic rings. The standard InChI is InChI=1S/C12H7N3O/c1-14-9(7-13)11-8-5-3-4-6-10(8)15(2)12(11)16/h3-6H,2H3/b11-9+. The van der Waals surface area contributed by atoms with Crippen molar-refractivity contribution in [2.75, 3.05) is 11.9 Å². The van der Waals surface area contributed by atoms with E-state index < -0.39 is 0 Å². The third kappa shape index (κ3) is 1.18. The number of fused-ring (bicyclic) bond motifs is 1. The number of para-hydroxylation sites is 1. The van der Waals surface area contributed by atoms with Crippen molar-refractivity contribution in [1.29, 1.82) is 5.26 Å². The van der Waals surface area contributed by atoms with Gasteiger partial charge in [0.05, 0.1) is 23.9 Å². The number of likely N-dealkylation sites (N-methyl/N-ethyl adjacent to an activating group) is 1. The molecule has 1 heterocycles. The van der Waals surface area contributed by atoms with E-state index in [0.29, 0.717) is 5.56 Å². The molecule has 0 aromatic heterocycles. The average Bonchev–Trinajstić information content (AvgIpc) is 2.57. The predicted octanol–water partition coefficient (Wildman–Crippen LogP) is 1.82. The Balaban J connectivity index is 2.78. The highest BCUT2D eigenvalue weighted by Crippen LogP contribution is 2.37. The molecular weight excluding hydrogens is 202 g/mol. The summed E-state index contributed by atoms with van der Waals surface area (Å²) in [4.78, 5) is 16.4. The molecule has 0 radical (unpaired) electrons. The maximum atomic E-state index is 11.9. The summed E-state index contributed by atoms with van der Waals surface area (Å²) in [6.45, 7) is 6.90. The van der Waals surface area contributed by atoms with Crippen LogP contribution in [0.15, 0.2) is 30.0 Å². The van der Waals surface area contributed by atoms with E-state index in [9.17, 15) is 4.79 Å². The summed E-state index contributed by atoms with van der Waals surface area (Å²) in [5.41, 5.74) is 1.44. The summed E-state index contributed by atoms with van der Waals surface area (Å²) < 4.78 is 0. The summed E-state index contributed by atoms with van der Waals surface area (Å²) in [7, 11) is 1.63. The van der Waals surface area contributed by atoms with Gasteiger partial charge in [0, 0.05) is 12.6 Å². The van der Waals surface area contributed by atoms with Crippen LogP contribution in [-0.4, -0.2) is 13.0 Å². The molecule has 76 valence electrons. The Kier molecular flexibility index (Phi) is 2.19. The van der Waals surface area contributed by atoms with E-state index in [4.69, 9.17) is 11.8 Å². The molecule has 2 rings (SSSR count). The van der Waals surface area contributed by atoms with Gasteiger partial charge in [0.15, 0.2) is 0 Å². The Hall–Kier alpha value is -2.59. The van der Waals surface area contributed by atoms with Crippen LogP contribution < -0.4 is 4.90 Å². The van der Waals surface area contributed by atoms with Crippen molar-refractivity contribution in [2.45, 2.75) is 0 Å². The number of carbonyl (C=O) groups is 1. The number of amides is 1. The summed E-state index contributed by atoms with van der Waals surface area (Å²) in [5.74, 6) is -0.297. The number of nitrogens with zero attached hydrogens (tertiary/aromatic N) is 3. The number of hydrogen-bond donors (Lipinski definition) is 0. The molecule has 0 bridgehead atoms. The number of benzene rings is 1. The summed E-state index contributed by atoms with van der Waals surface area (Å²) in [6, 6.07) is 8.90. The molecule has 0 spiro atoms. The molecule has 1 aliphatic rings.